The quantitative estimate of drug-likeness (QED) is 0.935. The molecule has 1 unspecified atom stereocenters. The van der Waals surface area contributed by atoms with Gasteiger partial charge in [-0.2, -0.15) is 0 Å². The second kappa shape index (κ2) is 5.80. The Morgan fingerprint density at radius 2 is 2.00 bits per heavy atom. The maximum Gasteiger partial charge on any atom is 0.186 e. The van der Waals surface area contributed by atoms with Crippen molar-refractivity contribution in [3.63, 3.8) is 0 Å². The minimum Gasteiger partial charge on any atom is -0.368 e. The monoisotopic (exact) mass is 285 g/mol. The van der Waals surface area contributed by atoms with Crippen molar-refractivity contribution in [2.45, 2.75) is 39.0 Å². The van der Waals surface area contributed by atoms with E-state index in [0.717, 1.165) is 25.1 Å². The number of nitrogens with zero attached hydrogens (tertiary/aromatic N) is 2. The number of nitrogens with one attached hydrogen (secondary N) is 1. The van der Waals surface area contributed by atoms with Crippen LogP contribution in [-0.4, -0.2) is 16.5 Å². The number of hydrogen-bond acceptors (Lipinski definition) is 3. The van der Waals surface area contributed by atoms with Gasteiger partial charge in [-0.05, 0) is 44.2 Å². The van der Waals surface area contributed by atoms with Crippen LogP contribution in [0.2, 0.25) is 0 Å². The fourth-order valence-electron chi connectivity index (χ4n) is 2.97. The second-order valence-electron chi connectivity index (χ2n) is 5.57. The maximum absolute atomic E-state index is 14.0. The molecule has 0 radical (unpaired) electrons. The Labute approximate surface area is 124 Å². The number of aryl methyl sites for hydroxylation is 2. The molecule has 1 aliphatic carbocycles. The standard InChI is InChI=1S/C17H20FN3/c1-3-19-17-15(18)11(2)20-16(21-17)14-9-8-12-6-4-5-7-13(12)10-14/h4-7,14H,3,8-10H2,1-2H3,(H,19,20,21). The number of anilines is 1. The van der Waals surface area contributed by atoms with Gasteiger partial charge in [0.15, 0.2) is 11.6 Å². The minimum absolute atomic E-state index is 0.275. The van der Waals surface area contributed by atoms with Crippen LogP contribution in [0.5, 0.6) is 0 Å². The first-order valence-corrected chi connectivity index (χ1v) is 7.53. The van der Waals surface area contributed by atoms with E-state index in [9.17, 15) is 4.39 Å². The van der Waals surface area contributed by atoms with Crippen LogP contribution in [0, 0.1) is 12.7 Å². The molecule has 1 heterocycles. The van der Waals surface area contributed by atoms with Gasteiger partial charge in [-0.25, -0.2) is 14.4 Å². The first kappa shape index (κ1) is 14.0. The average molecular weight is 285 g/mol. The van der Waals surface area contributed by atoms with E-state index in [1.54, 1.807) is 6.92 Å². The Morgan fingerprint density at radius 1 is 1.24 bits per heavy atom. The van der Waals surface area contributed by atoms with E-state index < -0.39 is 0 Å². The highest BCUT2D eigenvalue weighted by Gasteiger charge is 2.23. The fraction of sp³-hybridized carbons (Fsp3) is 0.412. The summed E-state index contributed by atoms with van der Waals surface area (Å²) in [4.78, 5) is 8.81. The summed E-state index contributed by atoms with van der Waals surface area (Å²) in [5.74, 6) is 1.03. The molecule has 0 amide bonds. The van der Waals surface area contributed by atoms with Crippen LogP contribution < -0.4 is 5.32 Å². The van der Waals surface area contributed by atoms with Crippen molar-refractivity contribution in [2.75, 3.05) is 11.9 Å². The van der Waals surface area contributed by atoms with Gasteiger partial charge in [0.1, 0.15) is 5.82 Å². The summed E-state index contributed by atoms with van der Waals surface area (Å²) in [6, 6.07) is 8.51. The van der Waals surface area contributed by atoms with Gasteiger partial charge < -0.3 is 5.32 Å². The predicted octanol–water partition coefficient (Wildman–Crippen LogP) is 3.63. The molecule has 0 aliphatic heterocycles. The third-order valence-corrected chi connectivity index (χ3v) is 4.09. The number of benzene rings is 1. The summed E-state index contributed by atoms with van der Waals surface area (Å²) in [5, 5.41) is 2.99. The van der Waals surface area contributed by atoms with E-state index in [4.69, 9.17) is 0 Å². The highest BCUT2D eigenvalue weighted by Crippen LogP contribution is 2.32. The van der Waals surface area contributed by atoms with E-state index in [0.29, 0.717) is 18.1 Å². The van der Waals surface area contributed by atoms with Gasteiger partial charge in [-0.1, -0.05) is 24.3 Å². The number of hydrogen-bond donors (Lipinski definition) is 1. The van der Waals surface area contributed by atoms with Crippen molar-refractivity contribution in [1.82, 2.24) is 9.97 Å². The lowest BCUT2D eigenvalue weighted by Gasteiger charge is -2.24. The van der Waals surface area contributed by atoms with Gasteiger partial charge in [0, 0.05) is 12.5 Å². The van der Waals surface area contributed by atoms with Crippen molar-refractivity contribution in [1.29, 1.82) is 0 Å². The van der Waals surface area contributed by atoms with Crippen LogP contribution in [-0.2, 0) is 12.8 Å². The van der Waals surface area contributed by atoms with Crippen molar-refractivity contribution in [3.8, 4) is 0 Å². The zero-order valence-corrected chi connectivity index (χ0v) is 12.5. The molecule has 1 aromatic carbocycles. The highest BCUT2D eigenvalue weighted by molar-refractivity contribution is 5.39. The Morgan fingerprint density at radius 3 is 2.76 bits per heavy atom. The zero-order chi connectivity index (χ0) is 14.8. The lowest BCUT2D eigenvalue weighted by molar-refractivity contribution is 0.539. The van der Waals surface area contributed by atoms with E-state index in [2.05, 4.69) is 39.6 Å². The molecule has 0 saturated carbocycles. The van der Waals surface area contributed by atoms with Crippen LogP contribution in [0.15, 0.2) is 24.3 Å². The SMILES string of the molecule is CCNc1nc(C2CCc3ccccc3C2)nc(C)c1F. The molecule has 1 aromatic heterocycles. The molecule has 0 saturated heterocycles. The molecular weight excluding hydrogens is 265 g/mol. The average Bonchev–Trinajstić information content (AvgIpc) is 2.51. The smallest absolute Gasteiger partial charge is 0.186 e. The number of aromatic nitrogens is 2. The Balaban J connectivity index is 1.91. The van der Waals surface area contributed by atoms with Crippen LogP contribution >= 0.6 is 0 Å². The molecule has 3 nitrogen and oxygen atoms in total. The Bertz CT molecular complexity index is 654. The van der Waals surface area contributed by atoms with E-state index in [1.165, 1.54) is 11.1 Å². The topological polar surface area (TPSA) is 37.8 Å². The maximum atomic E-state index is 14.0. The third-order valence-electron chi connectivity index (χ3n) is 4.09. The van der Waals surface area contributed by atoms with Gasteiger partial charge in [0.25, 0.3) is 0 Å². The van der Waals surface area contributed by atoms with Crippen LogP contribution in [0.25, 0.3) is 0 Å². The molecule has 4 heteroatoms. The Hall–Kier alpha value is -1.97. The van der Waals surface area contributed by atoms with Gasteiger partial charge in [0.2, 0.25) is 0 Å². The molecule has 0 bridgehead atoms. The lowest BCUT2D eigenvalue weighted by Crippen LogP contribution is -2.17. The van der Waals surface area contributed by atoms with Gasteiger partial charge in [0.05, 0.1) is 5.69 Å². The summed E-state index contributed by atoms with van der Waals surface area (Å²) >= 11 is 0. The number of rotatable bonds is 3. The van der Waals surface area contributed by atoms with Crippen molar-refractivity contribution >= 4 is 5.82 Å². The van der Waals surface area contributed by atoms with E-state index in [1.807, 2.05) is 6.92 Å². The summed E-state index contributed by atoms with van der Waals surface area (Å²) in [6.45, 7) is 4.30. The fourth-order valence-corrected chi connectivity index (χ4v) is 2.97. The molecular formula is C17H20FN3. The molecule has 3 rings (SSSR count). The van der Waals surface area contributed by atoms with Crippen molar-refractivity contribution in [2.24, 2.45) is 0 Å². The Kier molecular flexibility index (Phi) is 3.86. The molecule has 0 fully saturated rings. The van der Waals surface area contributed by atoms with Gasteiger partial charge >= 0.3 is 0 Å². The molecule has 2 aromatic rings. The lowest BCUT2D eigenvalue weighted by atomic mass is 9.83. The summed E-state index contributed by atoms with van der Waals surface area (Å²) in [5.41, 5.74) is 3.21. The van der Waals surface area contributed by atoms with Crippen molar-refractivity contribution < 1.29 is 4.39 Å². The summed E-state index contributed by atoms with van der Waals surface area (Å²) in [7, 11) is 0. The minimum atomic E-state index is -0.336. The summed E-state index contributed by atoms with van der Waals surface area (Å²) < 4.78 is 14.0. The number of fused-ring (bicyclic) bond motifs is 1. The van der Waals surface area contributed by atoms with Gasteiger partial charge in [-0.15, -0.1) is 0 Å². The van der Waals surface area contributed by atoms with E-state index in [-0.39, 0.29) is 11.7 Å². The number of halogens is 1. The third kappa shape index (κ3) is 2.75. The molecule has 21 heavy (non-hydrogen) atoms. The molecule has 110 valence electrons. The summed E-state index contributed by atoms with van der Waals surface area (Å²) in [6.07, 6.45) is 3.00. The van der Waals surface area contributed by atoms with Crippen LogP contribution in [0.4, 0.5) is 10.2 Å². The molecule has 0 spiro atoms. The zero-order valence-electron chi connectivity index (χ0n) is 12.5. The first-order chi connectivity index (χ1) is 10.2. The van der Waals surface area contributed by atoms with Crippen LogP contribution in [0.3, 0.4) is 0 Å². The second-order valence-corrected chi connectivity index (χ2v) is 5.57. The predicted molar refractivity (Wildman–Crippen MR) is 82.1 cm³/mol. The van der Waals surface area contributed by atoms with Crippen LogP contribution in [0.1, 0.15) is 41.9 Å². The molecule has 1 aliphatic rings. The van der Waals surface area contributed by atoms with E-state index >= 15 is 0 Å². The first-order valence-electron chi connectivity index (χ1n) is 7.53. The normalized spacial score (nSPS) is 17.4. The molecule has 1 atom stereocenters. The van der Waals surface area contributed by atoms with Gasteiger partial charge in [-0.3, -0.25) is 0 Å². The largest absolute Gasteiger partial charge is 0.368 e. The molecule has 1 N–H and O–H groups in total. The highest BCUT2D eigenvalue weighted by atomic mass is 19.1. The van der Waals surface area contributed by atoms with Crippen molar-refractivity contribution in [3.05, 3.63) is 52.7 Å².